The van der Waals surface area contributed by atoms with Crippen LogP contribution in [-0.4, -0.2) is 0 Å². The smallest absolute Gasteiger partial charge is 0.166 e. The molecule has 0 fully saturated rings. The van der Waals surface area contributed by atoms with Crippen molar-refractivity contribution in [1.29, 1.82) is 0 Å². The first kappa shape index (κ1) is 16.1. The quantitative estimate of drug-likeness (QED) is 0.605. The Kier molecular flexibility index (Phi) is 4.50. The van der Waals surface area contributed by atoms with E-state index in [0.717, 1.165) is 36.0 Å². The predicted octanol–water partition coefficient (Wildman–Crippen LogP) is 6.24. The van der Waals surface area contributed by atoms with Crippen LogP contribution in [0.2, 0.25) is 0 Å². The maximum absolute atomic E-state index is 13.0. The number of benzene rings is 1. The monoisotopic (exact) mass is 296 g/mol. The molecular formula is C18H23F3. The van der Waals surface area contributed by atoms with E-state index in [9.17, 15) is 13.2 Å². The van der Waals surface area contributed by atoms with Crippen molar-refractivity contribution in [3.63, 3.8) is 0 Å². The van der Waals surface area contributed by atoms with E-state index in [-0.39, 0.29) is 0 Å². The minimum atomic E-state index is -4.27. The molecule has 0 spiro atoms. The molecule has 1 aromatic carbocycles. The van der Waals surface area contributed by atoms with E-state index < -0.39 is 11.7 Å². The molecule has 1 aliphatic rings. The summed E-state index contributed by atoms with van der Waals surface area (Å²) in [7, 11) is 0. The van der Waals surface area contributed by atoms with Crippen LogP contribution < -0.4 is 0 Å². The van der Waals surface area contributed by atoms with Gasteiger partial charge in [0.1, 0.15) is 0 Å². The van der Waals surface area contributed by atoms with Gasteiger partial charge >= 0.3 is 6.18 Å². The van der Waals surface area contributed by atoms with Crippen molar-refractivity contribution >= 4 is 5.57 Å². The maximum Gasteiger partial charge on any atom is 0.416 e. The van der Waals surface area contributed by atoms with Crippen LogP contribution in [0.1, 0.15) is 56.7 Å². The summed E-state index contributed by atoms with van der Waals surface area (Å²) >= 11 is 0. The lowest BCUT2D eigenvalue weighted by Crippen LogP contribution is -2.16. The third kappa shape index (κ3) is 3.33. The summed E-state index contributed by atoms with van der Waals surface area (Å²) in [5, 5.41) is 0. The number of alkyl halides is 3. The lowest BCUT2D eigenvalue weighted by atomic mass is 9.75. The normalized spacial score (nSPS) is 20.3. The number of hydrogen-bond acceptors (Lipinski definition) is 0. The fourth-order valence-electron chi connectivity index (χ4n) is 3.44. The minimum absolute atomic E-state index is 0.489. The van der Waals surface area contributed by atoms with E-state index in [1.807, 2.05) is 6.92 Å². The molecule has 0 heterocycles. The van der Waals surface area contributed by atoms with Crippen LogP contribution in [-0.2, 0) is 6.18 Å². The van der Waals surface area contributed by atoms with Gasteiger partial charge in [-0.3, -0.25) is 0 Å². The van der Waals surface area contributed by atoms with Crippen LogP contribution in [0.3, 0.4) is 0 Å². The molecule has 1 aromatic rings. The Balaban J connectivity index is 2.52. The largest absolute Gasteiger partial charge is 0.416 e. The molecule has 0 bridgehead atoms. The van der Waals surface area contributed by atoms with Crippen LogP contribution >= 0.6 is 0 Å². The summed E-state index contributed by atoms with van der Waals surface area (Å²) in [6.07, 6.45) is -1.18. The van der Waals surface area contributed by atoms with Crippen molar-refractivity contribution in [1.82, 2.24) is 0 Å². The molecule has 0 saturated carbocycles. The van der Waals surface area contributed by atoms with E-state index in [1.54, 1.807) is 6.07 Å². The number of allylic oxidation sites excluding steroid dienone is 2. The molecule has 1 unspecified atom stereocenters. The summed E-state index contributed by atoms with van der Waals surface area (Å²) < 4.78 is 38.9. The summed E-state index contributed by atoms with van der Waals surface area (Å²) in [5.74, 6) is 1.02. The first-order valence-electron chi connectivity index (χ1n) is 7.59. The summed E-state index contributed by atoms with van der Waals surface area (Å²) in [6.45, 7) is 8.37. The Hall–Kier alpha value is -1.25. The van der Waals surface area contributed by atoms with Crippen molar-refractivity contribution in [3.05, 3.63) is 40.5 Å². The molecule has 0 aromatic heterocycles. The molecule has 0 aliphatic heterocycles. The van der Waals surface area contributed by atoms with E-state index in [4.69, 9.17) is 0 Å². The molecular weight excluding hydrogens is 273 g/mol. The van der Waals surface area contributed by atoms with Crippen LogP contribution in [0.15, 0.2) is 23.8 Å². The van der Waals surface area contributed by atoms with Gasteiger partial charge in [0.25, 0.3) is 0 Å². The van der Waals surface area contributed by atoms with Gasteiger partial charge in [0, 0.05) is 0 Å². The van der Waals surface area contributed by atoms with Crippen molar-refractivity contribution in [2.45, 2.75) is 53.1 Å². The Labute approximate surface area is 125 Å². The third-order valence-electron chi connectivity index (χ3n) is 4.67. The van der Waals surface area contributed by atoms with E-state index in [0.29, 0.717) is 11.8 Å². The van der Waals surface area contributed by atoms with Gasteiger partial charge in [-0.2, -0.15) is 13.2 Å². The van der Waals surface area contributed by atoms with Gasteiger partial charge in [-0.1, -0.05) is 25.5 Å². The highest BCUT2D eigenvalue weighted by molar-refractivity contribution is 5.72. The molecule has 116 valence electrons. The molecule has 21 heavy (non-hydrogen) atoms. The number of rotatable bonds is 2. The summed E-state index contributed by atoms with van der Waals surface area (Å²) in [6, 6.07) is 4.10. The molecule has 1 atom stereocenters. The zero-order valence-corrected chi connectivity index (χ0v) is 13.1. The number of aryl methyl sites for hydroxylation is 1. The average Bonchev–Trinajstić information content (AvgIpc) is 2.38. The second kappa shape index (κ2) is 5.86. The SMILES string of the molecule is CC1=C(c2cc(C(F)(F)F)ccc2C)CCCC1C(C)C. The molecule has 3 heteroatoms. The maximum atomic E-state index is 13.0. The standard InChI is InChI=1S/C18H23F3/c1-11(2)15-6-5-7-16(13(15)4)17-10-14(18(19,20)21)9-8-12(17)3/h8-11,15H,5-7H2,1-4H3. The molecule has 0 amide bonds. The van der Waals surface area contributed by atoms with Gasteiger partial charge in [-0.25, -0.2) is 0 Å². The van der Waals surface area contributed by atoms with Crippen LogP contribution in [0, 0.1) is 18.8 Å². The van der Waals surface area contributed by atoms with E-state index in [2.05, 4.69) is 20.8 Å². The van der Waals surface area contributed by atoms with Gasteiger partial charge in [0.15, 0.2) is 0 Å². The van der Waals surface area contributed by atoms with Crippen LogP contribution in [0.4, 0.5) is 13.2 Å². The fourth-order valence-corrected chi connectivity index (χ4v) is 3.44. The zero-order chi connectivity index (χ0) is 15.8. The highest BCUT2D eigenvalue weighted by atomic mass is 19.4. The van der Waals surface area contributed by atoms with Crippen molar-refractivity contribution < 1.29 is 13.2 Å². The highest BCUT2D eigenvalue weighted by Crippen LogP contribution is 2.41. The second-order valence-electron chi connectivity index (χ2n) is 6.43. The highest BCUT2D eigenvalue weighted by Gasteiger charge is 2.32. The van der Waals surface area contributed by atoms with Crippen molar-refractivity contribution in [2.24, 2.45) is 11.8 Å². The van der Waals surface area contributed by atoms with Crippen molar-refractivity contribution in [3.8, 4) is 0 Å². The van der Waals surface area contributed by atoms with Gasteiger partial charge in [-0.15, -0.1) is 0 Å². The average molecular weight is 296 g/mol. The Bertz CT molecular complexity index is 550. The van der Waals surface area contributed by atoms with E-state index in [1.165, 1.54) is 17.7 Å². The predicted molar refractivity (Wildman–Crippen MR) is 81.0 cm³/mol. The minimum Gasteiger partial charge on any atom is -0.166 e. The molecule has 0 saturated heterocycles. The van der Waals surface area contributed by atoms with Crippen LogP contribution in [0.5, 0.6) is 0 Å². The zero-order valence-electron chi connectivity index (χ0n) is 13.1. The third-order valence-corrected chi connectivity index (χ3v) is 4.67. The van der Waals surface area contributed by atoms with Gasteiger partial charge in [0.05, 0.1) is 5.56 Å². The molecule has 0 N–H and O–H groups in total. The topological polar surface area (TPSA) is 0 Å². The summed E-state index contributed by atoms with van der Waals surface area (Å²) in [4.78, 5) is 0. The number of hydrogen-bond donors (Lipinski definition) is 0. The van der Waals surface area contributed by atoms with Gasteiger partial charge in [-0.05, 0) is 73.8 Å². The van der Waals surface area contributed by atoms with Crippen LogP contribution in [0.25, 0.3) is 5.57 Å². The Morgan fingerprint density at radius 3 is 2.38 bits per heavy atom. The van der Waals surface area contributed by atoms with Gasteiger partial charge < -0.3 is 0 Å². The van der Waals surface area contributed by atoms with Gasteiger partial charge in [0.2, 0.25) is 0 Å². The molecule has 1 aliphatic carbocycles. The fraction of sp³-hybridized carbons (Fsp3) is 0.556. The second-order valence-corrected chi connectivity index (χ2v) is 6.43. The van der Waals surface area contributed by atoms with E-state index >= 15 is 0 Å². The Morgan fingerprint density at radius 2 is 1.81 bits per heavy atom. The van der Waals surface area contributed by atoms with Crippen molar-refractivity contribution in [2.75, 3.05) is 0 Å². The summed E-state index contributed by atoms with van der Waals surface area (Å²) in [5.41, 5.74) is 3.58. The molecule has 0 nitrogen and oxygen atoms in total. The Morgan fingerprint density at radius 1 is 1.14 bits per heavy atom. The lowest BCUT2D eigenvalue weighted by molar-refractivity contribution is -0.137. The first-order valence-corrected chi connectivity index (χ1v) is 7.59. The first-order chi connectivity index (χ1) is 9.71. The lowest BCUT2D eigenvalue weighted by Gasteiger charge is -2.30. The molecule has 2 rings (SSSR count). The molecule has 0 radical (unpaired) electrons. The number of halogens is 3.